The number of rotatable bonds is 6. The Balaban J connectivity index is 2.03. The van der Waals surface area contributed by atoms with Crippen molar-refractivity contribution >= 4 is 6.03 Å². The van der Waals surface area contributed by atoms with Gasteiger partial charge in [-0.3, -0.25) is 4.98 Å². The number of benzene rings is 1. The highest BCUT2D eigenvalue weighted by Gasteiger charge is 2.14. The van der Waals surface area contributed by atoms with Gasteiger partial charge >= 0.3 is 6.03 Å². The van der Waals surface area contributed by atoms with Crippen LogP contribution in [0.2, 0.25) is 0 Å². The molecule has 1 unspecified atom stereocenters. The molecular formula is C18H23N3O2. The van der Waals surface area contributed by atoms with Crippen molar-refractivity contribution in [2.75, 3.05) is 19.7 Å². The second-order valence-corrected chi connectivity index (χ2v) is 5.33. The third-order valence-electron chi connectivity index (χ3n) is 3.80. The lowest BCUT2D eigenvalue weighted by molar-refractivity contribution is 0.178. The quantitative estimate of drug-likeness (QED) is 0.862. The maximum Gasteiger partial charge on any atom is 0.317 e. The third kappa shape index (κ3) is 4.53. The van der Waals surface area contributed by atoms with E-state index in [2.05, 4.69) is 10.3 Å². The van der Waals surface area contributed by atoms with Crippen LogP contribution < -0.4 is 5.32 Å². The van der Waals surface area contributed by atoms with Crippen LogP contribution in [0.1, 0.15) is 25.5 Å². The zero-order valence-corrected chi connectivity index (χ0v) is 13.6. The van der Waals surface area contributed by atoms with Gasteiger partial charge in [-0.1, -0.05) is 24.3 Å². The predicted octanol–water partition coefficient (Wildman–Crippen LogP) is 2.83. The molecule has 0 saturated heterocycles. The minimum absolute atomic E-state index is 0.0315. The minimum atomic E-state index is -0.160. The monoisotopic (exact) mass is 313 g/mol. The van der Waals surface area contributed by atoms with Gasteiger partial charge in [0.2, 0.25) is 0 Å². The zero-order valence-electron chi connectivity index (χ0n) is 13.6. The highest BCUT2D eigenvalue weighted by Crippen LogP contribution is 2.21. The molecule has 1 aromatic heterocycles. The summed E-state index contributed by atoms with van der Waals surface area (Å²) in [7, 11) is 0. The van der Waals surface area contributed by atoms with E-state index in [1.165, 1.54) is 0 Å². The van der Waals surface area contributed by atoms with E-state index in [0.717, 1.165) is 16.7 Å². The maximum atomic E-state index is 12.1. The number of urea groups is 1. The second-order valence-electron chi connectivity index (χ2n) is 5.33. The van der Waals surface area contributed by atoms with Crippen molar-refractivity contribution in [3.05, 3.63) is 54.4 Å². The average Bonchev–Trinajstić information content (AvgIpc) is 2.60. The normalized spacial score (nSPS) is 11.8. The van der Waals surface area contributed by atoms with Crippen LogP contribution in [0.5, 0.6) is 0 Å². The van der Waals surface area contributed by atoms with E-state index < -0.39 is 0 Å². The summed E-state index contributed by atoms with van der Waals surface area (Å²) < 4.78 is 0. The molecule has 1 atom stereocenters. The van der Waals surface area contributed by atoms with E-state index in [9.17, 15) is 4.79 Å². The first-order valence-electron chi connectivity index (χ1n) is 7.82. The molecule has 23 heavy (non-hydrogen) atoms. The van der Waals surface area contributed by atoms with E-state index in [4.69, 9.17) is 5.11 Å². The van der Waals surface area contributed by atoms with Crippen LogP contribution in [0, 0.1) is 0 Å². The Morgan fingerprint density at radius 3 is 2.35 bits per heavy atom. The predicted molar refractivity (Wildman–Crippen MR) is 91.0 cm³/mol. The number of hydrogen-bond donors (Lipinski definition) is 2. The number of aromatic nitrogens is 1. The van der Waals surface area contributed by atoms with Crippen molar-refractivity contribution < 1.29 is 9.90 Å². The molecule has 0 aliphatic heterocycles. The average molecular weight is 313 g/mol. The molecular weight excluding hydrogens is 290 g/mol. The Morgan fingerprint density at radius 2 is 1.78 bits per heavy atom. The van der Waals surface area contributed by atoms with Gasteiger partial charge in [0.05, 0.1) is 12.6 Å². The topological polar surface area (TPSA) is 65.5 Å². The van der Waals surface area contributed by atoms with E-state index in [-0.39, 0.29) is 18.7 Å². The van der Waals surface area contributed by atoms with Crippen molar-refractivity contribution in [1.82, 2.24) is 15.2 Å². The zero-order chi connectivity index (χ0) is 16.7. The smallest absolute Gasteiger partial charge is 0.317 e. The largest absolute Gasteiger partial charge is 0.395 e. The molecule has 2 rings (SSSR count). The molecule has 1 heterocycles. The third-order valence-corrected chi connectivity index (χ3v) is 3.80. The first-order valence-corrected chi connectivity index (χ1v) is 7.82. The number of pyridine rings is 1. The summed E-state index contributed by atoms with van der Waals surface area (Å²) in [6.45, 7) is 4.72. The summed E-state index contributed by atoms with van der Waals surface area (Å²) in [5.41, 5.74) is 3.27. The Bertz CT molecular complexity index is 614. The number of aliphatic hydroxyl groups is 1. The van der Waals surface area contributed by atoms with E-state index in [1.54, 1.807) is 17.3 Å². The van der Waals surface area contributed by atoms with Gasteiger partial charge in [-0.05, 0) is 42.7 Å². The molecule has 5 nitrogen and oxygen atoms in total. The Morgan fingerprint density at radius 1 is 1.17 bits per heavy atom. The lowest BCUT2D eigenvalue weighted by Gasteiger charge is -2.23. The fourth-order valence-electron chi connectivity index (χ4n) is 2.39. The van der Waals surface area contributed by atoms with Crippen LogP contribution in [0.25, 0.3) is 11.1 Å². The molecule has 1 aromatic carbocycles. The molecule has 0 radical (unpaired) electrons. The summed E-state index contributed by atoms with van der Waals surface area (Å²) in [4.78, 5) is 17.7. The first-order chi connectivity index (χ1) is 11.2. The molecule has 2 N–H and O–H groups in total. The van der Waals surface area contributed by atoms with E-state index in [1.807, 2.05) is 50.2 Å². The highest BCUT2D eigenvalue weighted by atomic mass is 16.3. The molecule has 2 aromatic rings. The molecule has 0 aliphatic carbocycles. The van der Waals surface area contributed by atoms with Crippen molar-refractivity contribution in [3.63, 3.8) is 0 Å². The number of hydrogen-bond acceptors (Lipinski definition) is 3. The van der Waals surface area contributed by atoms with Crippen LogP contribution in [0.3, 0.4) is 0 Å². The first kappa shape index (κ1) is 17.0. The standard InChI is InChI=1S/C18H23N3O2/c1-3-21(12-13-22)18(23)20-14(2)15-4-6-16(7-5-15)17-8-10-19-11-9-17/h4-11,14,22H,3,12-13H2,1-2H3,(H,20,23). The SMILES string of the molecule is CCN(CCO)C(=O)NC(C)c1ccc(-c2ccncc2)cc1. The van der Waals surface area contributed by atoms with Crippen LogP contribution in [0.4, 0.5) is 4.79 Å². The Hall–Kier alpha value is -2.40. The van der Waals surface area contributed by atoms with Gasteiger partial charge in [0.25, 0.3) is 0 Å². The summed E-state index contributed by atoms with van der Waals surface area (Å²) in [5.74, 6) is 0. The summed E-state index contributed by atoms with van der Waals surface area (Å²) in [6, 6.07) is 11.8. The Kier molecular flexibility index (Phi) is 6.11. The van der Waals surface area contributed by atoms with Crippen LogP contribution in [0.15, 0.2) is 48.8 Å². The van der Waals surface area contributed by atoms with Gasteiger partial charge in [0.1, 0.15) is 0 Å². The molecule has 2 amide bonds. The van der Waals surface area contributed by atoms with Crippen LogP contribution >= 0.6 is 0 Å². The highest BCUT2D eigenvalue weighted by molar-refractivity contribution is 5.74. The lowest BCUT2D eigenvalue weighted by atomic mass is 10.0. The number of carbonyl (C=O) groups is 1. The van der Waals surface area contributed by atoms with Gasteiger partial charge in [0.15, 0.2) is 0 Å². The second kappa shape index (κ2) is 8.29. The molecule has 5 heteroatoms. The van der Waals surface area contributed by atoms with Crippen molar-refractivity contribution in [2.24, 2.45) is 0 Å². The van der Waals surface area contributed by atoms with E-state index in [0.29, 0.717) is 13.1 Å². The fourth-order valence-corrected chi connectivity index (χ4v) is 2.39. The van der Waals surface area contributed by atoms with Gasteiger partial charge in [-0.2, -0.15) is 0 Å². The van der Waals surface area contributed by atoms with Crippen LogP contribution in [-0.4, -0.2) is 40.7 Å². The van der Waals surface area contributed by atoms with Crippen molar-refractivity contribution in [3.8, 4) is 11.1 Å². The number of aliphatic hydroxyl groups excluding tert-OH is 1. The van der Waals surface area contributed by atoms with Gasteiger partial charge in [-0.25, -0.2) is 4.79 Å². The molecule has 0 bridgehead atoms. The van der Waals surface area contributed by atoms with E-state index >= 15 is 0 Å². The molecule has 0 spiro atoms. The molecule has 0 saturated carbocycles. The number of likely N-dealkylation sites (N-methyl/N-ethyl adjacent to an activating group) is 1. The maximum absolute atomic E-state index is 12.1. The number of carbonyl (C=O) groups excluding carboxylic acids is 1. The number of amides is 2. The summed E-state index contributed by atoms with van der Waals surface area (Å²) in [5, 5.41) is 11.9. The Labute approximate surface area is 137 Å². The van der Waals surface area contributed by atoms with Crippen molar-refractivity contribution in [1.29, 1.82) is 0 Å². The van der Waals surface area contributed by atoms with Gasteiger partial charge < -0.3 is 15.3 Å². The molecule has 122 valence electrons. The number of nitrogens with one attached hydrogen (secondary N) is 1. The fraction of sp³-hybridized carbons (Fsp3) is 0.333. The lowest BCUT2D eigenvalue weighted by Crippen LogP contribution is -2.42. The van der Waals surface area contributed by atoms with Crippen LogP contribution in [-0.2, 0) is 0 Å². The van der Waals surface area contributed by atoms with Gasteiger partial charge in [-0.15, -0.1) is 0 Å². The number of nitrogens with zero attached hydrogens (tertiary/aromatic N) is 2. The minimum Gasteiger partial charge on any atom is -0.395 e. The molecule has 0 fully saturated rings. The summed E-state index contributed by atoms with van der Waals surface area (Å²) >= 11 is 0. The van der Waals surface area contributed by atoms with Crippen molar-refractivity contribution in [2.45, 2.75) is 19.9 Å². The summed E-state index contributed by atoms with van der Waals surface area (Å²) in [6.07, 6.45) is 3.54. The molecule has 0 aliphatic rings. The van der Waals surface area contributed by atoms with Gasteiger partial charge in [0, 0.05) is 25.5 Å².